The van der Waals surface area contributed by atoms with E-state index in [1.807, 2.05) is 6.92 Å². The number of hydrogen-bond donors (Lipinski definition) is 1. The zero-order chi connectivity index (χ0) is 11.1. The van der Waals surface area contributed by atoms with Crippen LogP contribution in [0.15, 0.2) is 24.3 Å². The first-order chi connectivity index (χ1) is 7.00. The third kappa shape index (κ3) is 1.79. The second-order valence-corrected chi connectivity index (χ2v) is 5.91. The highest BCUT2D eigenvalue weighted by Gasteiger charge is 2.34. The lowest BCUT2D eigenvalue weighted by Gasteiger charge is -2.18. The van der Waals surface area contributed by atoms with Crippen LogP contribution in [-0.2, 0) is 10.0 Å². The number of nitrogen functional groups attached to an aromatic ring is 1. The maximum Gasteiger partial charge on any atom is 0.235 e. The number of anilines is 2. The van der Waals surface area contributed by atoms with E-state index >= 15 is 0 Å². The predicted octanol–water partition coefficient (Wildman–Crippen LogP) is 1.05. The Morgan fingerprint density at radius 3 is 2.60 bits per heavy atom. The fourth-order valence-electron chi connectivity index (χ4n) is 1.86. The van der Waals surface area contributed by atoms with Gasteiger partial charge in [-0.15, -0.1) is 0 Å². The molecule has 1 aliphatic rings. The van der Waals surface area contributed by atoms with E-state index in [1.54, 1.807) is 24.3 Å². The van der Waals surface area contributed by atoms with Gasteiger partial charge in [-0.25, -0.2) is 8.42 Å². The van der Waals surface area contributed by atoms with Gasteiger partial charge in [-0.1, -0.05) is 19.1 Å². The number of nitrogens with zero attached hydrogens (tertiary/aromatic N) is 1. The molecule has 0 radical (unpaired) electrons. The first kappa shape index (κ1) is 10.3. The number of nitrogens with two attached hydrogens (primary N) is 1. The third-order valence-electron chi connectivity index (χ3n) is 2.51. The van der Waals surface area contributed by atoms with Crippen molar-refractivity contribution in [3.8, 4) is 0 Å². The maximum atomic E-state index is 11.8. The van der Waals surface area contributed by atoms with Crippen LogP contribution in [0.2, 0.25) is 0 Å². The van der Waals surface area contributed by atoms with Gasteiger partial charge in [0.25, 0.3) is 0 Å². The van der Waals surface area contributed by atoms with Gasteiger partial charge in [0.2, 0.25) is 10.0 Å². The van der Waals surface area contributed by atoms with E-state index in [2.05, 4.69) is 0 Å². The van der Waals surface area contributed by atoms with E-state index in [1.165, 1.54) is 4.31 Å². The van der Waals surface area contributed by atoms with Crippen molar-refractivity contribution in [2.24, 2.45) is 5.92 Å². The van der Waals surface area contributed by atoms with Gasteiger partial charge in [-0.3, -0.25) is 4.31 Å². The Labute approximate surface area is 89.7 Å². The van der Waals surface area contributed by atoms with Gasteiger partial charge in [0, 0.05) is 6.54 Å². The molecule has 1 saturated heterocycles. The summed E-state index contributed by atoms with van der Waals surface area (Å²) in [6.45, 7) is 2.45. The molecule has 0 saturated carbocycles. The largest absolute Gasteiger partial charge is 0.397 e. The Morgan fingerprint density at radius 1 is 1.40 bits per heavy atom. The normalized spacial score (nSPS) is 24.3. The minimum Gasteiger partial charge on any atom is -0.397 e. The van der Waals surface area contributed by atoms with Gasteiger partial charge in [0.05, 0.1) is 17.1 Å². The Morgan fingerprint density at radius 2 is 2.07 bits per heavy atom. The van der Waals surface area contributed by atoms with Crippen molar-refractivity contribution in [1.29, 1.82) is 0 Å². The Bertz CT molecular complexity index is 470. The van der Waals surface area contributed by atoms with Crippen molar-refractivity contribution >= 4 is 21.4 Å². The quantitative estimate of drug-likeness (QED) is 0.728. The van der Waals surface area contributed by atoms with Crippen LogP contribution in [0, 0.1) is 5.92 Å². The first-order valence-electron chi connectivity index (χ1n) is 4.85. The van der Waals surface area contributed by atoms with Gasteiger partial charge in [0.15, 0.2) is 0 Å². The van der Waals surface area contributed by atoms with Gasteiger partial charge >= 0.3 is 0 Å². The lowest BCUT2D eigenvalue weighted by molar-refractivity contribution is 0.598. The highest BCUT2D eigenvalue weighted by Crippen LogP contribution is 2.30. The monoisotopic (exact) mass is 226 g/mol. The van der Waals surface area contributed by atoms with Crippen molar-refractivity contribution in [3.63, 3.8) is 0 Å². The summed E-state index contributed by atoms with van der Waals surface area (Å²) in [5, 5.41) is 0. The molecule has 1 aromatic carbocycles. The summed E-state index contributed by atoms with van der Waals surface area (Å²) in [5.41, 5.74) is 6.87. The van der Waals surface area contributed by atoms with Gasteiger partial charge in [-0.2, -0.15) is 0 Å². The summed E-state index contributed by atoms with van der Waals surface area (Å²) in [6, 6.07) is 7.05. The van der Waals surface area contributed by atoms with Gasteiger partial charge < -0.3 is 5.73 Å². The molecule has 2 N–H and O–H groups in total. The van der Waals surface area contributed by atoms with E-state index in [-0.39, 0.29) is 11.7 Å². The lowest BCUT2D eigenvalue weighted by Crippen LogP contribution is -2.26. The molecule has 15 heavy (non-hydrogen) atoms. The van der Waals surface area contributed by atoms with Crippen LogP contribution in [0.5, 0.6) is 0 Å². The summed E-state index contributed by atoms with van der Waals surface area (Å²) < 4.78 is 25.0. The van der Waals surface area contributed by atoms with Crippen molar-refractivity contribution in [2.75, 3.05) is 22.3 Å². The zero-order valence-electron chi connectivity index (χ0n) is 8.55. The fraction of sp³-hybridized carbons (Fsp3) is 0.400. The molecular weight excluding hydrogens is 212 g/mol. The van der Waals surface area contributed by atoms with Crippen LogP contribution in [0.4, 0.5) is 11.4 Å². The van der Waals surface area contributed by atoms with Crippen LogP contribution < -0.4 is 10.0 Å². The van der Waals surface area contributed by atoms with Crippen LogP contribution in [0.25, 0.3) is 0 Å². The average molecular weight is 226 g/mol. The summed E-state index contributed by atoms with van der Waals surface area (Å²) in [4.78, 5) is 0. The highest BCUT2D eigenvalue weighted by molar-refractivity contribution is 7.93. The third-order valence-corrected chi connectivity index (χ3v) is 4.52. The van der Waals surface area contributed by atoms with Crippen molar-refractivity contribution in [2.45, 2.75) is 6.92 Å². The molecule has 1 aliphatic heterocycles. The summed E-state index contributed by atoms with van der Waals surface area (Å²) in [6.07, 6.45) is 0. The second-order valence-electron chi connectivity index (χ2n) is 3.97. The molecular formula is C10H14N2O2S. The molecule has 1 heterocycles. The van der Waals surface area contributed by atoms with E-state index in [0.29, 0.717) is 17.9 Å². The van der Waals surface area contributed by atoms with Gasteiger partial charge in [-0.05, 0) is 18.1 Å². The highest BCUT2D eigenvalue weighted by atomic mass is 32.2. The first-order valence-corrected chi connectivity index (χ1v) is 6.46. The summed E-state index contributed by atoms with van der Waals surface area (Å²) in [5.74, 6) is 0.371. The van der Waals surface area contributed by atoms with Crippen LogP contribution >= 0.6 is 0 Å². The second kappa shape index (κ2) is 3.41. The zero-order valence-corrected chi connectivity index (χ0v) is 9.37. The predicted molar refractivity (Wildman–Crippen MR) is 61.2 cm³/mol. The standard InChI is InChI=1S/C10H14N2O2S/c1-8-6-12(15(13,14)7-8)10-5-3-2-4-9(10)11/h2-5,8H,6-7,11H2,1H3. The molecule has 1 atom stereocenters. The fourth-order valence-corrected chi connectivity index (χ4v) is 3.81. The van der Waals surface area contributed by atoms with Crippen LogP contribution in [-0.4, -0.2) is 20.7 Å². The van der Waals surface area contributed by atoms with Crippen molar-refractivity contribution in [3.05, 3.63) is 24.3 Å². The molecule has 0 aliphatic carbocycles. The number of benzene rings is 1. The molecule has 5 heteroatoms. The summed E-state index contributed by atoms with van der Waals surface area (Å²) in [7, 11) is -3.16. The maximum absolute atomic E-state index is 11.8. The number of hydrogen-bond acceptors (Lipinski definition) is 3. The average Bonchev–Trinajstić information content (AvgIpc) is 2.40. The number of rotatable bonds is 1. The van der Waals surface area contributed by atoms with E-state index in [9.17, 15) is 8.42 Å². The van der Waals surface area contributed by atoms with E-state index in [4.69, 9.17) is 5.73 Å². The van der Waals surface area contributed by atoms with Gasteiger partial charge in [0.1, 0.15) is 0 Å². The SMILES string of the molecule is CC1CN(c2ccccc2N)S(=O)(=O)C1. The molecule has 82 valence electrons. The number of para-hydroxylation sites is 2. The van der Waals surface area contributed by atoms with Crippen molar-refractivity contribution < 1.29 is 8.42 Å². The molecule has 0 spiro atoms. The minimum atomic E-state index is -3.16. The Balaban J connectivity index is 2.45. The molecule has 1 unspecified atom stereocenters. The van der Waals surface area contributed by atoms with E-state index in [0.717, 1.165) is 0 Å². The molecule has 1 fully saturated rings. The van der Waals surface area contributed by atoms with Crippen LogP contribution in [0.1, 0.15) is 6.92 Å². The van der Waals surface area contributed by atoms with Crippen molar-refractivity contribution in [1.82, 2.24) is 0 Å². The van der Waals surface area contributed by atoms with E-state index < -0.39 is 10.0 Å². The molecule has 4 nitrogen and oxygen atoms in total. The summed E-state index contributed by atoms with van der Waals surface area (Å²) >= 11 is 0. The molecule has 1 aromatic rings. The Kier molecular flexibility index (Phi) is 2.34. The van der Waals surface area contributed by atoms with Crippen LogP contribution in [0.3, 0.4) is 0 Å². The molecule has 2 rings (SSSR count). The lowest BCUT2D eigenvalue weighted by atomic mass is 10.2. The molecule has 0 amide bonds. The Hall–Kier alpha value is -1.23. The minimum absolute atomic E-state index is 0.162. The number of sulfonamides is 1. The molecule has 0 aromatic heterocycles. The smallest absolute Gasteiger partial charge is 0.235 e. The topological polar surface area (TPSA) is 63.4 Å². The molecule has 0 bridgehead atoms.